The summed E-state index contributed by atoms with van der Waals surface area (Å²) < 4.78 is 98.3. The normalized spacial score (nSPS) is 30.2. The molecule has 0 spiro atoms. The summed E-state index contributed by atoms with van der Waals surface area (Å²) in [5, 5.41) is 3.75. The second-order valence-corrected chi connectivity index (χ2v) is 22.0. The molecule has 8 fully saturated rings. The van der Waals surface area contributed by atoms with E-state index in [-0.39, 0.29) is 72.8 Å². The molecule has 0 atom stereocenters. The van der Waals surface area contributed by atoms with Crippen LogP contribution in [0.4, 0.5) is 8.78 Å². The Labute approximate surface area is 421 Å². The molecular weight excluding hydrogens is 977 g/mol. The quantitative estimate of drug-likeness (QED) is 0.0535. The molecule has 0 aliphatic heterocycles. The van der Waals surface area contributed by atoms with E-state index in [2.05, 4.69) is 69.1 Å². The molecule has 0 amide bonds. The minimum absolute atomic E-state index is 0. The SMILES string of the molecule is C.CC1(OC(=O)CBr)C2CC3CC(C2)CC1C3.CC1(OC(=O)COCC(F)(F)S(=O)(=O)O)C2CC3CC(C2)CC1C3.CC[NH+](CC)CC.CC[NH+](CC)CC.O=S(=O)(O)CCO.[Cl-].[Na+]. The van der Waals surface area contributed by atoms with E-state index in [1.165, 1.54) is 77.8 Å². The van der Waals surface area contributed by atoms with Gasteiger partial charge in [0.25, 0.3) is 10.1 Å². The Kier molecular flexibility index (Phi) is 31.2. The Morgan fingerprint density at radius 1 is 0.656 bits per heavy atom. The number of hydrogen-bond donors (Lipinski definition) is 5. The summed E-state index contributed by atoms with van der Waals surface area (Å²) in [4.78, 5) is 26.9. The van der Waals surface area contributed by atoms with Gasteiger partial charge >= 0.3 is 56.9 Å². The molecule has 0 saturated heterocycles. The fourth-order valence-electron chi connectivity index (χ4n) is 11.1. The van der Waals surface area contributed by atoms with Gasteiger partial charge in [-0.1, -0.05) is 23.4 Å². The van der Waals surface area contributed by atoms with E-state index in [1.54, 1.807) is 9.80 Å². The van der Waals surface area contributed by atoms with Crippen molar-refractivity contribution in [3.05, 3.63) is 0 Å². The molecule has 0 aromatic rings. The predicted octanol–water partition coefficient (Wildman–Crippen LogP) is -1.25. The first kappa shape index (κ1) is 66.3. The van der Waals surface area contributed by atoms with Crippen molar-refractivity contribution in [2.24, 2.45) is 47.3 Å². The Balaban J connectivity index is 0. The van der Waals surface area contributed by atoms with Gasteiger partial charge in [0.15, 0.2) is 0 Å². The number of carbonyl (C=O) groups is 2. The number of hydrogen-bond acceptors (Lipinski definition) is 10. The summed E-state index contributed by atoms with van der Waals surface area (Å²) in [5.41, 5.74) is -0.752. The van der Waals surface area contributed by atoms with Crippen molar-refractivity contribution in [3.8, 4) is 0 Å². The molecule has 8 saturated carbocycles. The van der Waals surface area contributed by atoms with Gasteiger partial charge in [0.1, 0.15) is 29.7 Å². The maximum absolute atomic E-state index is 13.0. The predicted molar refractivity (Wildman–Crippen MR) is 240 cm³/mol. The van der Waals surface area contributed by atoms with Crippen molar-refractivity contribution in [1.29, 1.82) is 0 Å². The van der Waals surface area contributed by atoms with Gasteiger partial charge in [-0.15, -0.1) is 0 Å². The van der Waals surface area contributed by atoms with Gasteiger partial charge in [-0.05, 0) is 167 Å². The summed E-state index contributed by atoms with van der Waals surface area (Å²) in [7, 11) is -9.49. The molecule has 64 heavy (non-hydrogen) atoms. The maximum Gasteiger partial charge on any atom is 1.00 e. The van der Waals surface area contributed by atoms with Gasteiger partial charge in [0.2, 0.25) is 0 Å². The number of alkyl halides is 3. The molecule has 21 heteroatoms. The first-order valence-electron chi connectivity index (χ1n) is 22.5. The van der Waals surface area contributed by atoms with Crippen LogP contribution in [0.25, 0.3) is 0 Å². The van der Waals surface area contributed by atoms with Crippen LogP contribution in [0, 0.1) is 47.3 Å². The van der Waals surface area contributed by atoms with Gasteiger partial charge in [-0.25, -0.2) is 4.79 Å². The molecule has 5 N–H and O–H groups in total. The molecule has 0 unspecified atom stereocenters. The van der Waals surface area contributed by atoms with E-state index in [0.29, 0.717) is 29.0 Å². The van der Waals surface area contributed by atoms with Crippen LogP contribution in [0.15, 0.2) is 0 Å². The number of nitrogens with one attached hydrogen (secondary N) is 2. The third-order valence-electron chi connectivity index (χ3n) is 14.5. The Morgan fingerprint density at radius 2 is 0.953 bits per heavy atom. The molecule has 14 nitrogen and oxygen atoms in total. The van der Waals surface area contributed by atoms with Gasteiger partial charge < -0.3 is 41.5 Å². The van der Waals surface area contributed by atoms with Gasteiger partial charge in [0.05, 0.1) is 51.6 Å². The summed E-state index contributed by atoms with van der Waals surface area (Å²) in [6, 6.07) is 0. The standard InChI is InChI=1S/C15H22F2O6S.C13H19BrO2.2C6H15N.C2H6O4S.CH4.ClH.Na/c1-14(11-3-9-2-10(5-11)6-12(14)4-9)23-13(18)7-22-8-15(16,17)24(19,20)21;1-13(16-12(15)7-14)10-3-8-2-9(5-10)6-11(13)4-8;2*1-4-7(5-2)6-3;3-1-2-7(4,5)6;;;/h9-12H,2-8H2,1H3,(H,19,20,21);8-11H,2-7H2,1H3;2*4-6H2,1-3H3;3H,1-2H2,(H,4,5,6);1H4;1H;/q;;;;;;;+1/p+1. The number of carbonyl (C=O) groups excluding carboxylic acids is 2. The van der Waals surface area contributed by atoms with Crippen molar-refractivity contribution in [1.82, 2.24) is 0 Å². The summed E-state index contributed by atoms with van der Waals surface area (Å²) in [6.07, 6.45) is 12.0. The fourth-order valence-corrected chi connectivity index (χ4v) is 11.6. The van der Waals surface area contributed by atoms with Crippen molar-refractivity contribution >= 4 is 48.1 Å². The molecule has 8 bridgehead atoms. The van der Waals surface area contributed by atoms with Crippen LogP contribution in [-0.4, -0.2) is 130 Å². The van der Waals surface area contributed by atoms with E-state index in [4.69, 9.17) is 23.7 Å². The zero-order chi connectivity index (χ0) is 46.4. The molecule has 0 radical (unpaired) electrons. The minimum Gasteiger partial charge on any atom is -1.00 e. The third kappa shape index (κ3) is 19.9. The average molecular weight is 1060 g/mol. The maximum atomic E-state index is 13.0. The molecule has 8 aliphatic rings. The van der Waals surface area contributed by atoms with Gasteiger partial charge in [-0.3, -0.25) is 13.9 Å². The molecule has 8 rings (SSSR count). The molecule has 376 valence electrons. The minimum atomic E-state index is -5.56. The number of aliphatic hydroxyl groups is 1. The van der Waals surface area contributed by atoms with Crippen LogP contribution in [0.5, 0.6) is 0 Å². The van der Waals surface area contributed by atoms with Crippen LogP contribution in [-0.2, 0) is 44.0 Å². The smallest absolute Gasteiger partial charge is 1.00 e. The second kappa shape index (κ2) is 30.1. The van der Waals surface area contributed by atoms with Crippen LogP contribution in [0.2, 0.25) is 0 Å². The third-order valence-corrected chi connectivity index (χ3v) is 16.5. The summed E-state index contributed by atoms with van der Waals surface area (Å²) in [6.45, 7) is 22.2. The first-order valence-corrected chi connectivity index (χ1v) is 26.7. The van der Waals surface area contributed by atoms with Crippen molar-refractivity contribution < 1.29 is 115 Å². The van der Waals surface area contributed by atoms with Crippen molar-refractivity contribution in [2.45, 2.75) is 143 Å². The summed E-state index contributed by atoms with van der Waals surface area (Å²) in [5.74, 6) is 3.65. The Morgan fingerprint density at radius 3 is 1.16 bits per heavy atom. The van der Waals surface area contributed by atoms with Crippen LogP contribution >= 0.6 is 15.9 Å². The Bertz CT molecular complexity index is 1500. The average Bonchev–Trinajstić information content (AvgIpc) is 3.17. The van der Waals surface area contributed by atoms with E-state index >= 15 is 0 Å². The van der Waals surface area contributed by atoms with E-state index < -0.39 is 62.6 Å². The number of ether oxygens (including phenoxy) is 3. The monoisotopic (exact) mass is 1060 g/mol. The number of halogens is 4. The number of esters is 2. The number of rotatable bonds is 16. The largest absolute Gasteiger partial charge is 1.00 e. The molecule has 8 aliphatic carbocycles. The van der Waals surface area contributed by atoms with Crippen LogP contribution in [0.3, 0.4) is 0 Å². The second-order valence-electron chi connectivity index (χ2n) is 18.3. The molecule has 0 aromatic heterocycles. The van der Waals surface area contributed by atoms with Crippen molar-refractivity contribution in [2.75, 3.05) is 70.2 Å². The molecule has 0 heterocycles. The Hall–Kier alpha value is 0.230. The van der Waals surface area contributed by atoms with E-state index in [1.807, 2.05) is 6.92 Å². The summed E-state index contributed by atoms with van der Waals surface area (Å²) >= 11 is 3.19. The van der Waals surface area contributed by atoms with Crippen LogP contribution in [0.1, 0.15) is 127 Å². The number of aliphatic hydroxyl groups excluding tert-OH is 1. The zero-order valence-electron chi connectivity index (χ0n) is 39.3. The molecule has 0 aromatic carbocycles. The van der Waals surface area contributed by atoms with E-state index in [9.17, 15) is 35.2 Å². The van der Waals surface area contributed by atoms with Crippen LogP contribution < -0.4 is 51.8 Å². The zero-order valence-corrected chi connectivity index (χ0v) is 45.3. The van der Waals surface area contributed by atoms with Gasteiger partial charge in [-0.2, -0.15) is 25.6 Å². The first-order chi connectivity index (χ1) is 28.4. The topological polar surface area (TPSA) is 200 Å². The molecular formula is C43H83BrClF2N2NaO12S2+2. The van der Waals surface area contributed by atoms with Crippen molar-refractivity contribution in [3.63, 3.8) is 0 Å². The van der Waals surface area contributed by atoms with Gasteiger partial charge in [0, 0.05) is 0 Å². The fraction of sp³-hybridized carbons (Fsp3) is 0.953. The van der Waals surface area contributed by atoms with E-state index in [0.717, 1.165) is 37.5 Å². The number of quaternary nitrogens is 2.